The van der Waals surface area contributed by atoms with Crippen LogP contribution < -0.4 is 15.1 Å². The quantitative estimate of drug-likeness (QED) is 0.425. The van der Waals surface area contributed by atoms with Crippen molar-refractivity contribution in [3.63, 3.8) is 0 Å². The second-order valence-electron chi connectivity index (χ2n) is 11.5. The van der Waals surface area contributed by atoms with E-state index >= 15 is 0 Å². The highest BCUT2D eigenvalue weighted by Crippen LogP contribution is 2.36. The van der Waals surface area contributed by atoms with Gasteiger partial charge >= 0.3 is 0 Å². The number of hydrogen-bond donors (Lipinski definition) is 2. The Balaban J connectivity index is 1.27. The van der Waals surface area contributed by atoms with Crippen molar-refractivity contribution >= 4 is 34.1 Å². The number of fused-ring (bicyclic) bond motifs is 2. The van der Waals surface area contributed by atoms with Crippen LogP contribution in [0.4, 0.5) is 21.8 Å². The summed E-state index contributed by atoms with van der Waals surface area (Å²) in [5.41, 5.74) is 1.95. The maximum absolute atomic E-state index is 14.3. The Morgan fingerprint density at radius 2 is 1.93 bits per heavy atom. The maximum Gasteiger partial charge on any atom is 0.246 e. The maximum atomic E-state index is 14.3. The van der Waals surface area contributed by atoms with Crippen LogP contribution in [0.1, 0.15) is 24.6 Å². The molecule has 2 aromatic carbocycles. The molecule has 41 heavy (non-hydrogen) atoms. The van der Waals surface area contributed by atoms with Crippen molar-refractivity contribution in [3.05, 3.63) is 60.3 Å². The van der Waals surface area contributed by atoms with Crippen LogP contribution in [0.2, 0.25) is 0 Å². The van der Waals surface area contributed by atoms with Gasteiger partial charge in [0, 0.05) is 81.6 Å². The van der Waals surface area contributed by atoms with Crippen LogP contribution >= 0.6 is 0 Å². The van der Waals surface area contributed by atoms with Crippen molar-refractivity contribution in [1.82, 2.24) is 19.8 Å². The van der Waals surface area contributed by atoms with Gasteiger partial charge in [0.05, 0.1) is 12.2 Å². The van der Waals surface area contributed by atoms with Gasteiger partial charge in [-0.1, -0.05) is 30.8 Å². The SMILES string of the molecule is C=CC(=O)N1CCN(c2nc(NCCN3CCC(C)(F)C3)nc3c2CCN(c2cc(O)cc4ccccc24)C3)CC1. The first-order valence-corrected chi connectivity index (χ1v) is 14.5. The largest absolute Gasteiger partial charge is 0.508 e. The van der Waals surface area contributed by atoms with Crippen molar-refractivity contribution in [2.45, 2.75) is 32.0 Å². The second kappa shape index (κ2) is 11.2. The van der Waals surface area contributed by atoms with E-state index in [1.54, 1.807) is 13.0 Å². The number of rotatable bonds is 7. The van der Waals surface area contributed by atoms with Gasteiger partial charge in [-0.3, -0.25) is 9.69 Å². The van der Waals surface area contributed by atoms with Crippen molar-refractivity contribution in [3.8, 4) is 5.75 Å². The Labute approximate surface area is 240 Å². The Bertz CT molecular complexity index is 1450. The van der Waals surface area contributed by atoms with Gasteiger partial charge in [-0.2, -0.15) is 4.98 Å². The van der Waals surface area contributed by atoms with Crippen LogP contribution in [-0.2, 0) is 17.8 Å². The normalized spacial score (nSPS) is 21.3. The number of aromatic hydroxyl groups is 1. The molecule has 1 atom stereocenters. The average molecular weight is 560 g/mol. The molecule has 0 spiro atoms. The lowest BCUT2D eigenvalue weighted by Crippen LogP contribution is -2.49. The van der Waals surface area contributed by atoms with E-state index in [4.69, 9.17) is 9.97 Å². The zero-order chi connectivity index (χ0) is 28.6. The van der Waals surface area contributed by atoms with E-state index in [2.05, 4.69) is 32.7 Å². The number of alkyl halides is 1. The van der Waals surface area contributed by atoms with E-state index in [1.165, 1.54) is 6.08 Å². The van der Waals surface area contributed by atoms with E-state index in [0.717, 1.165) is 59.6 Å². The number of nitrogens with zero attached hydrogens (tertiary/aromatic N) is 6. The minimum atomic E-state index is -1.12. The average Bonchev–Trinajstić information content (AvgIpc) is 3.33. The molecule has 0 aliphatic carbocycles. The summed E-state index contributed by atoms with van der Waals surface area (Å²) in [5, 5.41) is 16.0. The predicted octanol–water partition coefficient (Wildman–Crippen LogP) is 3.58. The molecular formula is C31H38FN7O2. The molecule has 0 bridgehead atoms. The van der Waals surface area contributed by atoms with E-state index < -0.39 is 5.67 Å². The zero-order valence-electron chi connectivity index (χ0n) is 23.7. The van der Waals surface area contributed by atoms with Gasteiger partial charge in [0.2, 0.25) is 11.9 Å². The molecule has 9 nitrogen and oxygen atoms in total. The molecule has 0 saturated carbocycles. The molecule has 1 unspecified atom stereocenters. The van der Waals surface area contributed by atoms with Crippen LogP contribution in [0.5, 0.6) is 5.75 Å². The third-order valence-electron chi connectivity index (χ3n) is 8.49. The summed E-state index contributed by atoms with van der Waals surface area (Å²) in [6, 6.07) is 11.7. The third-order valence-corrected chi connectivity index (χ3v) is 8.49. The molecule has 3 aromatic rings. The number of aromatic nitrogens is 2. The van der Waals surface area contributed by atoms with E-state index in [0.29, 0.717) is 58.2 Å². The number of benzene rings is 2. The monoisotopic (exact) mass is 559 g/mol. The van der Waals surface area contributed by atoms with Crippen LogP contribution in [0.3, 0.4) is 0 Å². The molecule has 0 radical (unpaired) electrons. The first-order chi connectivity index (χ1) is 19.8. The number of amides is 1. The highest BCUT2D eigenvalue weighted by atomic mass is 19.1. The van der Waals surface area contributed by atoms with Gasteiger partial charge in [-0.25, -0.2) is 9.37 Å². The molecule has 216 valence electrons. The summed E-state index contributed by atoms with van der Waals surface area (Å²) in [7, 11) is 0. The van der Waals surface area contributed by atoms with E-state index in [1.807, 2.05) is 29.2 Å². The highest BCUT2D eigenvalue weighted by molar-refractivity contribution is 5.95. The lowest BCUT2D eigenvalue weighted by molar-refractivity contribution is -0.126. The lowest BCUT2D eigenvalue weighted by atomic mass is 10.0. The molecule has 3 aliphatic rings. The third kappa shape index (κ3) is 5.79. The van der Waals surface area contributed by atoms with E-state index in [9.17, 15) is 14.3 Å². The number of phenolic OH excluding ortho intramolecular Hbond substituents is 1. The summed E-state index contributed by atoms with van der Waals surface area (Å²) in [4.78, 5) is 30.6. The number of piperazine rings is 1. The number of anilines is 3. The van der Waals surface area contributed by atoms with Gasteiger partial charge < -0.3 is 25.1 Å². The van der Waals surface area contributed by atoms with Crippen molar-refractivity contribution < 1.29 is 14.3 Å². The summed E-state index contributed by atoms with van der Waals surface area (Å²) in [5.74, 6) is 1.68. The Kier molecular flexibility index (Phi) is 7.42. The van der Waals surface area contributed by atoms with Crippen LogP contribution in [0, 0.1) is 0 Å². The van der Waals surface area contributed by atoms with Gasteiger partial charge in [0.1, 0.15) is 17.2 Å². The molecule has 6 rings (SSSR count). The minimum Gasteiger partial charge on any atom is -0.508 e. The smallest absolute Gasteiger partial charge is 0.246 e. The van der Waals surface area contributed by atoms with Crippen molar-refractivity contribution in [2.75, 3.05) is 74.0 Å². The van der Waals surface area contributed by atoms with E-state index in [-0.39, 0.29) is 11.7 Å². The Hall–Kier alpha value is -3.92. The number of hydrogen-bond acceptors (Lipinski definition) is 8. The fourth-order valence-electron chi connectivity index (χ4n) is 6.29. The van der Waals surface area contributed by atoms with Gasteiger partial charge in [0.25, 0.3) is 0 Å². The Morgan fingerprint density at radius 1 is 1.12 bits per heavy atom. The van der Waals surface area contributed by atoms with Gasteiger partial charge in [-0.05, 0) is 37.3 Å². The Morgan fingerprint density at radius 3 is 2.68 bits per heavy atom. The minimum absolute atomic E-state index is 0.0444. The van der Waals surface area contributed by atoms with Gasteiger partial charge in [0.15, 0.2) is 0 Å². The van der Waals surface area contributed by atoms with Crippen LogP contribution in [0.25, 0.3) is 10.8 Å². The number of nitrogens with one attached hydrogen (secondary N) is 1. The molecular weight excluding hydrogens is 521 g/mol. The molecule has 2 saturated heterocycles. The molecule has 10 heteroatoms. The summed E-state index contributed by atoms with van der Waals surface area (Å²) < 4.78 is 14.3. The molecule has 1 amide bonds. The summed E-state index contributed by atoms with van der Waals surface area (Å²) in [6.45, 7) is 11.8. The number of carbonyl (C=O) groups excluding carboxylic acids is 1. The molecule has 3 aliphatic heterocycles. The lowest BCUT2D eigenvalue weighted by Gasteiger charge is -2.38. The van der Waals surface area contributed by atoms with Crippen molar-refractivity contribution in [2.24, 2.45) is 0 Å². The molecule has 4 heterocycles. The first kappa shape index (κ1) is 27.3. The fraction of sp³-hybridized carbons (Fsp3) is 0.452. The first-order valence-electron chi connectivity index (χ1n) is 14.5. The zero-order valence-corrected chi connectivity index (χ0v) is 23.7. The summed E-state index contributed by atoms with van der Waals surface area (Å²) >= 11 is 0. The fourth-order valence-corrected chi connectivity index (χ4v) is 6.29. The van der Waals surface area contributed by atoms with Crippen LogP contribution in [0.15, 0.2) is 49.1 Å². The molecule has 2 fully saturated rings. The number of halogens is 1. The van der Waals surface area contributed by atoms with Crippen molar-refractivity contribution in [1.29, 1.82) is 0 Å². The second-order valence-corrected chi connectivity index (χ2v) is 11.5. The molecule has 1 aromatic heterocycles. The van der Waals surface area contributed by atoms with Gasteiger partial charge in [-0.15, -0.1) is 0 Å². The topological polar surface area (TPSA) is 88.1 Å². The molecule has 2 N–H and O–H groups in total. The van der Waals surface area contributed by atoms with Crippen LogP contribution in [-0.4, -0.2) is 95.4 Å². The number of phenols is 1. The number of carbonyl (C=O) groups is 1. The number of likely N-dealkylation sites (tertiary alicyclic amines) is 1. The summed E-state index contributed by atoms with van der Waals surface area (Å²) in [6.07, 6.45) is 2.70. The predicted molar refractivity (Wildman–Crippen MR) is 160 cm³/mol. The standard InChI is InChI=1S/C31H38FN7O2/c1-3-28(41)37-14-16-38(17-15-37)29-25-8-11-39(27-19-23(40)18-22-6-4-5-7-24(22)27)20-26(25)34-30(35-29)33-10-13-36-12-9-31(2,32)21-36/h3-7,18-19,40H,1,8-17,20-21H2,2H3,(H,33,34,35). The highest BCUT2D eigenvalue weighted by Gasteiger charge is 2.33.